The molecule has 0 spiro atoms. The van der Waals surface area contributed by atoms with Crippen molar-refractivity contribution in [3.05, 3.63) is 128 Å². The van der Waals surface area contributed by atoms with Crippen molar-refractivity contribution in [2.45, 2.75) is 0 Å². The van der Waals surface area contributed by atoms with E-state index in [-0.39, 0.29) is 44.8 Å². The van der Waals surface area contributed by atoms with E-state index in [0.29, 0.717) is 0 Å². The van der Waals surface area contributed by atoms with E-state index in [1.54, 1.807) is 0 Å². The quantitative estimate of drug-likeness (QED) is 0.0747. The van der Waals surface area contributed by atoms with Gasteiger partial charge in [-0.25, -0.2) is 0 Å². The van der Waals surface area contributed by atoms with Crippen molar-refractivity contribution in [1.82, 2.24) is 0 Å². The van der Waals surface area contributed by atoms with Crippen LogP contribution in [0.3, 0.4) is 0 Å². The Morgan fingerprint density at radius 2 is 0.250 bits per heavy atom. The summed E-state index contributed by atoms with van der Waals surface area (Å²) >= 11 is 0. The van der Waals surface area contributed by atoms with Gasteiger partial charge in [0.25, 0.3) is 0 Å². The largest absolute Gasteiger partial charge is 3.00 e. The second-order valence-corrected chi connectivity index (χ2v) is 6.08. The van der Waals surface area contributed by atoms with Crippen molar-refractivity contribution < 1.29 is 53.7 Å². The summed E-state index contributed by atoms with van der Waals surface area (Å²) in [5, 5.41) is 0. The Balaban J connectivity index is -0.0000000178. The molecule has 0 N–H and O–H groups in total. The molecule has 0 aliphatic carbocycles. The fourth-order valence-electron chi connectivity index (χ4n) is 0. The molecule has 0 unspecified atom stereocenters. The topological polar surface area (TPSA) is 470 Å². The SMILES string of the molecule is C[N+](C)(C)C.C[N+](C)(C)C.[Au+3].[Au+3].[N-]=[N+]=[N-].[N-]=[N+]=[N-].[N-]=[N+]=[N-].[N-]=[N+]=[N-].[N-]=[N+]=[N-].[N-]=[N+]=[N-].[N-]=[N+]=[N-].[N-]=[N+]=[N-]. The first kappa shape index (κ1) is 76.9. The normalized spacial score (nSPS) is 5.11. The van der Waals surface area contributed by atoms with Crippen LogP contribution in [-0.2, 0) is 44.8 Å². The van der Waals surface area contributed by atoms with Gasteiger partial charge in [-0.3, -0.25) is 39.3 Å². The molecule has 0 saturated heterocycles. The molecule has 0 heterocycles. The third-order valence-corrected chi connectivity index (χ3v) is 0. The Labute approximate surface area is 237 Å². The summed E-state index contributed by atoms with van der Waals surface area (Å²) in [6, 6.07) is 0. The van der Waals surface area contributed by atoms with Gasteiger partial charge in [-0.2, -0.15) is 0 Å². The summed E-state index contributed by atoms with van der Waals surface area (Å²) in [6.07, 6.45) is 0. The minimum absolute atomic E-state index is 0. The second-order valence-electron chi connectivity index (χ2n) is 6.08. The van der Waals surface area contributed by atoms with Crippen LogP contribution in [0.4, 0.5) is 0 Å². The van der Waals surface area contributed by atoms with Gasteiger partial charge in [0.15, 0.2) is 0 Å². The van der Waals surface area contributed by atoms with Crippen LogP contribution in [-0.4, -0.2) is 65.3 Å². The van der Waals surface area contributed by atoms with Gasteiger partial charge >= 0.3 is 44.8 Å². The van der Waals surface area contributed by atoms with Crippen molar-refractivity contribution >= 4 is 0 Å². The Morgan fingerprint density at radius 3 is 0.250 bits per heavy atom. The predicted molar refractivity (Wildman–Crippen MR) is 129 cm³/mol. The van der Waals surface area contributed by atoms with Crippen LogP contribution >= 0.6 is 0 Å². The molecule has 208 valence electrons. The fourth-order valence-corrected chi connectivity index (χ4v) is 0. The first-order valence-electron chi connectivity index (χ1n) is 6.78. The Kier molecular flexibility index (Phi) is 234. The van der Waals surface area contributed by atoms with Crippen molar-refractivity contribution in [2.75, 3.05) is 56.4 Å². The van der Waals surface area contributed by atoms with Crippen molar-refractivity contribution in [1.29, 1.82) is 0 Å². The molecule has 0 radical (unpaired) electrons. The van der Waals surface area contributed by atoms with Crippen LogP contribution < -0.4 is 0 Å². The predicted octanol–water partition coefficient (Wildman–Crippen LogP) is 7.57. The molecule has 28 heteroatoms. The zero-order valence-corrected chi connectivity index (χ0v) is 24.6. The van der Waals surface area contributed by atoms with Crippen molar-refractivity contribution in [3.63, 3.8) is 0 Å². The second kappa shape index (κ2) is 109. The zero-order valence-electron chi connectivity index (χ0n) is 20.2. The third kappa shape index (κ3) is 1470. The van der Waals surface area contributed by atoms with Gasteiger partial charge in [0, 0.05) is 0 Å². The van der Waals surface area contributed by atoms with E-state index in [9.17, 15) is 0 Å². The molecule has 0 atom stereocenters. The van der Waals surface area contributed by atoms with E-state index in [0.717, 1.165) is 8.97 Å². The maximum absolute atomic E-state index is 6.75. The molecular formula is C8H24Au2N26. The molecule has 0 fully saturated rings. The summed E-state index contributed by atoms with van der Waals surface area (Å²) in [5.74, 6) is 0. The van der Waals surface area contributed by atoms with Gasteiger partial charge in [-0.05, 0) is 0 Å². The van der Waals surface area contributed by atoms with Crippen LogP contribution in [0.5, 0.6) is 0 Å². The summed E-state index contributed by atoms with van der Waals surface area (Å²) in [4.78, 5) is 12.0. The summed E-state index contributed by atoms with van der Waals surface area (Å²) < 4.78 is 2.00. The molecule has 36 heavy (non-hydrogen) atoms. The molecule has 0 aliphatic rings. The molecule has 0 amide bonds. The van der Waals surface area contributed by atoms with Gasteiger partial charge in [-0.15, -0.1) is 0 Å². The van der Waals surface area contributed by atoms with Crippen LogP contribution in [0.15, 0.2) is 0 Å². The molecular weight excluding hydrogens is 854 g/mol. The first-order valence-corrected chi connectivity index (χ1v) is 6.78. The average Bonchev–Trinajstić information content (AvgIpc) is 2.57. The minimum Gasteiger partial charge on any atom is -0.373 e. The van der Waals surface area contributed by atoms with Gasteiger partial charge in [-0.1, -0.05) is 0 Å². The number of hydrogen-bond acceptors (Lipinski definition) is 0. The molecule has 0 rings (SSSR count). The zero-order chi connectivity index (χ0) is 30.7. The number of quaternary nitrogens is 2. The maximum Gasteiger partial charge on any atom is 3.00 e. The maximum atomic E-state index is 6.75. The van der Waals surface area contributed by atoms with Crippen molar-refractivity contribution in [2.24, 2.45) is 0 Å². The Bertz CT molecular complexity index is 480. The average molecular weight is 878 g/mol. The molecule has 0 bridgehead atoms. The molecule has 0 aromatic heterocycles. The van der Waals surface area contributed by atoms with Gasteiger partial charge in [0.1, 0.15) is 0 Å². The van der Waals surface area contributed by atoms with Crippen molar-refractivity contribution in [3.8, 4) is 0 Å². The smallest absolute Gasteiger partial charge is 0.373 e. The monoisotopic (exact) mass is 878 g/mol. The van der Waals surface area contributed by atoms with Crippen LogP contribution in [0, 0.1) is 0 Å². The molecule has 26 nitrogen and oxygen atoms in total. The van der Waals surface area contributed by atoms with E-state index in [1.165, 1.54) is 39.3 Å². The molecule has 0 aromatic rings. The Hall–Kier alpha value is -4.12. The minimum atomic E-state index is 0. The van der Waals surface area contributed by atoms with Gasteiger partial charge in [0.2, 0.25) is 0 Å². The van der Waals surface area contributed by atoms with Crippen LogP contribution in [0.1, 0.15) is 0 Å². The van der Waals surface area contributed by atoms with E-state index in [1.807, 2.05) is 0 Å². The summed E-state index contributed by atoms with van der Waals surface area (Å²) in [5.41, 5.74) is 108. The number of nitrogens with zero attached hydrogens (tertiary/aromatic N) is 26. The van der Waals surface area contributed by atoms with Gasteiger partial charge < -0.3 is 97.5 Å². The molecule has 0 saturated carbocycles. The standard InChI is InChI=1S/2C4H12N.2Au.8N3/c2*1-5(2,3)4;;;8*1-3-2/h2*1-4H3;;;;;;;;;;/q2*+1;2*+3;8*-1. The van der Waals surface area contributed by atoms with E-state index < -0.39 is 0 Å². The fraction of sp³-hybridized carbons (Fsp3) is 1.00. The summed E-state index contributed by atoms with van der Waals surface area (Å²) in [7, 11) is 17.0. The van der Waals surface area contributed by atoms with E-state index >= 15 is 0 Å². The Morgan fingerprint density at radius 1 is 0.250 bits per heavy atom. The number of hydrogen-bond donors (Lipinski definition) is 0. The van der Waals surface area contributed by atoms with Gasteiger partial charge in [0.05, 0.1) is 56.4 Å². The first-order chi connectivity index (χ1) is 15.3. The summed E-state index contributed by atoms with van der Waals surface area (Å²) in [6.45, 7) is 0. The molecule has 0 aliphatic heterocycles. The van der Waals surface area contributed by atoms with Crippen LogP contribution in [0.25, 0.3) is 128 Å². The van der Waals surface area contributed by atoms with E-state index in [2.05, 4.69) is 56.4 Å². The third-order valence-electron chi connectivity index (χ3n) is 0. The van der Waals surface area contributed by atoms with E-state index in [4.69, 9.17) is 88.5 Å². The van der Waals surface area contributed by atoms with Crippen LogP contribution in [0.2, 0.25) is 0 Å². The molecule has 0 aromatic carbocycles. The number of rotatable bonds is 0.